The summed E-state index contributed by atoms with van der Waals surface area (Å²) in [7, 11) is 0. The summed E-state index contributed by atoms with van der Waals surface area (Å²) < 4.78 is 7.00. The molecular weight excluding hydrogens is 238 g/mol. The van der Waals surface area contributed by atoms with Crippen molar-refractivity contribution in [2.24, 2.45) is 0 Å². The predicted octanol–water partition coefficient (Wildman–Crippen LogP) is 3.10. The first-order valence-electron chi connectivity index (χ1n) is 5.91. The van der Waals surface area contributed by atoms with Crippen LogP contribution < -0.4 is 0 Å². The fraction of sp³-hybridized carbons (Fsp3) is 0.0625. The number of carbonyl (C=O) groups excluding carboxylic acids is 1. The third kappa shape index (κ3) is 1.84. The number of furan rings is 1. The van der Waals surface area contributed by atoms with Crippen molar-refractivity contribution in [3.05, 3.63) is 60.2 Å². The number of hydrogen-bond donors (Lipinski definition) is 0. The zero-order chi connectivity index (χ0) is 13.2. The van der Waals surface area contributed by atoms with Gasteiger partial charge in [-0.05, 0) is 24.3 Å². The van der Waals surface area contributed by atoms with E-state index < -0.39 is 0 Å². The second-order valence-electron chi connectivity index (χ2n) is 4.19. The molecule has 0 aliphatic heterocycles. The van der Waals surface area contributed by atoms with E-state index in [2.05, 4.69) is 5.92 Å². The van der Waals surface area contributed by atoms with Gasteiger partial charge in [0.1, 0.15) is 0 Å². The van der Waals surface area contributed by atoms with Crippen molar-refractivity contribution < 1.29 is 9.21 Å². The molecule has 0 atom stereocenters. The van der Waals surface area contributed by atoms with Crippen LogP contribution in [0.5, 0.6) is 0 Å². The number of aromatic nitrogens is 1. The zero-order valence-corrected chi connectivity index (χ0v) is 10.2. The number of rotatable bonds is 3. The quantitative estimate of drug-likeness (QED) is 0.528. The highest BCUT2D eigenvalue weighted by Gasteiger charge is 2.18. The molecule has 19 heavy (non-hydrogen) atoms. The number of carbonyl (C=O) groups is 1. The molecule has 3 aromatic rings. The molecule has 0 saturated carbocycles. The van der Waals surface area contributed by atoms with Gasteiger partial charge in [0.15, 0.2) is 5.76 Å². The van der Waals surface area contributed by atoms with Gasteiger partial charge in [0.2, 0.25) is 5.78 Å². The van der Waals surface area contributed by atoms with Crippen LogP contribution in [0.3, 0.4) is 0 Å². The highest BCUT2D eigenvalue weighted by Crippen LogP contribution is 2.22. The van der Waals surface area contributed by atoms with Crippen LogP contribution in [-0.4, -0.2) is 10.4 Å². The largest absolute Gasteiger partial charge is 0.461 e. The van der Waals surface area contributed by atoms with E-state index in [1.807, 2.05) is 34.9 Å². The molecule has 0 aliphatic carbocycles. The van der Waals surface area contributed by atoms with E-state index in [0.717, 1.165) is 10.9 Å². The summed E-state index contributed by atoms with van der Waals surface area (Å²) >= 11 is 0. The molecule has 0 amide bonds. The molecule has 3 nitrogen and oxygen atoms in total. The number of terminal acetylenes is 1. The molecule has 0 N–H and O–H groups in total. The minimum absolute atomic E-state index is 0.156. The molecule has 0 radical (unpaired) electrons. The topological polar surface area (TPSA) is 35.1 Å². The maximum absolute atomic E-state index is 12.4. The van der Waals surface area contributed by atoms with Crippen LogP contribution in [0.2, 0.25) is 0 Å². The van der Waals surface area contributed by atoms with Crippen molar-refractivity contribution in [3.8, 4) is 12.3 Å². The Balaban J connectivity index is 2.20. The van der Waals surface area contributed by atoms with Crippen LogP contribution >= 0.6 is 0 Å². The first-order valence-corrected chi connectivity index (χ1v) is 5.91. The predicted molar refractivity (Wildman–Crippen MR) is 72.9 cm³/mol. The Hall–Kier alpha value is -2.73. The first kappa shape index (κ1) is 11.4. The lowest BCUT2D eigenvalue weighted by molar-refractivity contribution is 0.100. The van der Waals surface area contributed by atoms with Crippen molar-refractivity contribution in [1.82, 2.24) is 4.57 Å². The first-order chi connectivity index (χ1) is 9.31. The molecule has 0 unspecified atom stereocenters. The Bertz CT molecular complexity index is 773. The summed E-state index contributed by atoms with van der Waals surface area (Å²) in [5.74, 6) is 2.75. The van der Waals surface area contributed by atoms with Gasteiger partial charge in [0.25, 0.3) is 0 Å². The third-order valence-electron chi connectivity index (χ3n) is 3.04. The van der Waals surface area contributed by atoms with Crippen molar-refractivity contribution in [2.45, 2.75) is 6.54 Å². The van der Waals surface area contributed by atoms with Gasteiger partial charge in [-0.3, -0.25) is 4.79 Å². The van der Waals surface area contributed by atoms with Crippen LogP contribution in [0.1, 0.15) is 16.2 Å². The zero-order valence-electron chi connectivity index (χ0n) is 10.2. The van der Waals surface area contributed by atoms with E-state index in [1.54, 1.807) is 12.1 Å². The maximum Gasteiger partial charge on any atom is 0.244 e. The van der Waals surface area contributed by atoms with Crippen LogP contribution in [0.25, 0.3) is 10.9 Å². The second kappa shape index (κ2) is 4.51. The number of ketones is 1. The Morgan fingerprint density at radius 2 is 2.11 bits per heavy atom. The SMILES string of the molecule is C#CCn1c(C(=O)c2ccco2)cc2ccccc21. The van der Waals surface area contributed by atoms with E-state index >= 15 is 0 Å². The van der Waals surface area contributed by atoms with Gasteiger partial charge in [-0.25, -0.2) is 0 Å². The maximum atomic E-state index is 12.4. The molecule has 0 saturated heterocycles. The Labute approximate surface area is 110 Å². The van der Waals surface area contributed by atoms with Crippen LogP contribution in [0.15, 0.2) is 53.1 Å². The summed E-state index contributed by atoms with van der Waals surface area (Å²) in [5.41, 5.74) is 1.50. The molecule has 92 valence electrons. The molecular formula is C16H11NO2. The van der Waals surface area contributed by atoms with E-state index in [1.165, 1.54) is 6.26 Å². The van der Waals surface area contributed by atoms with Gasteiger partial charge in [0.05, 0.1) is 18.5 Å². The fourth-order valence-corrected chi connectivity index (χ4v) is 2.19. The summed E-state index contributed by atoms with van der Waals surface area (Å²) in [5, 5.41) is 0.993. The molecule has 2 heterocycles. The molecule has 1 aromatic carbocycles. The summed E-state index contributed by atoms with van der Waals surface area (Å²) in [6.45, 7) is 0.356. The van der Waals surface area contributed by atoms with Crippen molar-refractivity contribution in [3.63, 3.8) is 0 Å². The minimum atomic E-state index is -0.156. The second-order valence-corrected chi connectivity index (χ2v) is 4.19. The average molecular weight is 249 g/mol. The van der Waals surface area contributed by atoms with Crippen molar-refractivity contribution in [2.75, 3.05) is 0 Å². The highest BCUT2D eigenvalue weighted by molar-refractivity contribution is 6.08. The minimum Gasteiger partial charge on any atom is -0.461 e. The third-order valence-corrected chi connectivity index (χ3v) is 3.04. The normalized spacial score (nSPS) is 10.5. The molecule has 0 spiro atoms. The molecule has 3 rings (SSSR count). The fourth-order valence-electron chi connectivity index (χ4n) is 2.19. The lowest BCUT2D eigenvalue weighted by atomic mass is 10.2. The summed E-state index contributed by atoms with van der Waals surface area (Å²) in [4.78, 5) is 12.4. The van der Waals surface area contributed by atoms with E-state index in [9.17, 15) is 4.79 Å². The molecule has 0 bridgehead atoms. The number of fused-ring (bicyclic) bond motifs is 1. The van der Waals surface area contributed by atoms with Gasteiger partial charge < -0.3 is 8.98 Å². The van der Waals surface area contributed by atoms with Gasteiger partial charge in [-0.2, -0.15) is 0 Å². The van der Waals surface area contributed by atoms with E-state index in [0.29, 0.717) is 18.0 Å². The van der Waals surface area contributed by atoms with Crippen LogP contribution in [-0.2, 0) is 6.54 Å². The van der Waals surface area contributed by atoms with Gasteiger partial charge >= 0.3 is 0 Å². The monoisotopic (exact) mass is 249 g/mol. The van der Waals surface area contributed by atoms with Crippen molar-refractivity contribution in [1.29, 1.82) is 0 Å². The Morgan fingerprint density at radius 1 is 1.26 bits per heavy atom. The van der Waals surface area contributed by atoms with Gasteiger partial charge in [-0.15, -0.1) is 6.42 Å². The van der Waals surface area contributed by atoms with Crippen LogP contribution in [0, 0.1) is 12.3 Å². The molecule has 0 aliphatic rings. The standard InChI is InChI=1S/C16H11NO2/c1-2-9-17-13-7-4-3-6-12(13)11-14(17)16(18)15-8-5-10-19-15/h1,3-8,10-11H,9H2. The average Bonchev–Trinajstić information content (AvgIpc) is 3.06. The number of hydrogen-bond acceptors (Lipinski definition) is 2. The number of benzene rings is 1. The lowest BCUT2D eigenvalue weighted by Crippen LogP contribution is -2.09. The Kier molecular flexibility index (Phi) is 2.70. The lowest BCUT2D eigenvalue weighted by Gasteiger charge is -2.04. The summed E-state index contributed by atoms with van der Waals surface area (Å²) in [6, 6.07) is 13.0. The molecule has 3 heteroatoms. The molecule has 2 aromatic heterocycles. The Morgan fingerprint density at radius 3 is 2.84 bits per heavy atom. The number of para-hydroxylation sites is 1. The van der Waals surface area contributed by atoms with Crippen LogP contribution in [0.4, 0.5) is 0 Å². The smallest absolute Gasteiger partial charge is 0.244 e. The van der Waals surface area contributed by atoms with E-state index in [-0.39, 0.29) is 5.78 Å². The van der Waals surface area contributed by atoms with Gasteiger partial charge in [0, 0.05) is 10.9 Å². The van der Waals surface area contributed by atoms with Crippen molar-refractivity contribution >= 4 is 16.7 Å². The molecule has 0 fully saturated rings. The van der Waals surface area contributed by atoms with Gasteiger partial charge in [-0.1, -0.05) is 24.1 Å². The number of nitrogens with zero attached hydrogens (tertiary/aromatic N) is 1. The summed E-state index contributed by atoms with van der Waals surface area (Å²) in [6.07, 6.45) is 6.88. The van der Waals surface area contributed by atoms with E-state index in [4.69, 9.17) is 10.8 Å². The highest BCUT2D eigenvalue weighted by atomic mass is 16.3.